The number of hydrogen-bond acceptors (Lipinski definition) is 1. The minimum Gasteiger partial charge on any atom is -0.347 e. The summed E-state index contributed by atoms with van der Waals surface area (Å²) in [6.07, 6.45) is 3.79. The number of amides is 1. The molecule has 0 bridgehead atoms. The van der Waals surface area contributed by atoms with Gasteiger partial charge in [-0.25, -0.2) is 0 Å². The molecule has 2 heterocycles. The first-order valence-corrected chi connectivity index (χ1v) is 5.23. The van der Waals surface area contributed by atoms with Crippen LogP contribution in [-0.2, 0) is 4.79 Å². The van der Waals surface area contributed by atoms with Crippen molar-refractivity contribution < 1.29 is 9.28 Å². The molecule has 3 nitrogen and oxygen atoms in total. The summed E-state index contributed by atoms with van der Waals surface area (Å²) in [5.74, 6) is 0.130. The molecule has 3 heteroatoms. The highest BCUT2D eigenvalue weighted by atomic mass is 16.1. The second-order valence-electron chi connectivity index (χ2n) is 4.73. The van der Waals surface area contributed by atoms with Crippen LogP contribution in [0.1, 0.15) is 26.2 Å². The third kappa shape index (κ3) is 1.46. The number of likely N-dealkylation sites (N-methyl/N-ethyl adjacent to an activating group) is 1. The van der Waals surface area contributed by atoms with E-state index >= 15 is 0 Å². The predicted octanol–water partition coefficient (Wildman–Crippen LogP) is 0.504. The highest BCUT2D eigenvalue weighted by Crippen LogP contribution is 2.34. The lowest BCUT2D eigenvalue weighted by Gasteiger charge is -2.31. The number of carbonyl (C=O) groups is 1. The normalized spacial score (nSPS) is 43.2. The minimum atomic E-state index is 0.130. The van der Waals surface area contributed by atoms with Crippen LogP contribution < -0.4 is 5.32 Å². The fourth-order valence-corrected chi connectivity index (χ4v) is 3.11. The molecule has 2 aliphatic rings. The van der Waals surface area contributed by atoms with Gasteiger partial charge in [-0.1, -0.05) is 0 Å². The van der Waals surface area contributed by atoms with Crippen LogP contribution in [-0.4, -0.2) is 42.6 Å². The molecule has 2 fully saturated rings. The maximum absolute atomic E-state index is 11.0. The quantitative estimate of drug-likeness (QED) is 0.589. The smallest absolute Gasteiger partial charge is 0.217 e. The summed E-state index contributed by atoms with van der Waals surface area (Å²) in [4.78, 5) is 11.0. The summed E-state index contributed by atoms with van der Waals surface area (Å²) in [6, 6.07) is 1.15. The molecule has 1 N–H and O–H groups in total. The van der Waals surface area contributed by atoms with Crippen LogP contribution in [0, 0.1) is 0 Å². The van der Waals surface area contributed by atoms with Crippen molar-refractivity contribution in [2.75, 3.05) is 20.1 Å². The maximum atomic E-state index is 11.0. The van der Waals surface area contributed by atoms with E-state index in [1.807, 2.05) is 0 Å². The average Bonchev–Trinajstić information content (AvgIpc) is 2.50. The van der Waals surface area contributed by atoms with Crippen LogP contribution in [0.2, 0.25) is 0 Å². The summed E-state index contributed by atoms with van der Waals surface area (Å²) in [5, 5.41) is 3.08. The maximum Gasteiger partial charge on any atom is 0.217 e. The van der Waals surface area contributed by atoms with E-state index in [1.54, 1.807) is 6.92 Å². The Hall–Kier alpha value is -0.570. The zero-order valence-electron chi connectivity index (χ0n) is 8.55. The molecule has 13 heavy (non-hydrogen) atoms. The van der Waals surface area contributed by atoms with E-state index in [0.29, 0.717) is 12.1 Å². The molecule has 0 aromatic heterocycles. The third-order valence-corrected chi connectivity index (χ3v) is 3.77. The average molecular weight is 183 g/mol. The molecule has 0 aliphatic carbocycles. The van der Waals surface area contributed by atoms with Crippen LogP contribution in [0.5, 0.6) is 0 Å². The van der Waals surface area contributed by atoms with Crippen molar-refractivity contribution in [1.82, 2.24) is 5.32 Å². The van der Waals surface area contributed by atoms with Gasteiger partial charge in [0.15, 0.2) is 0 Å². The zero-order valence-corrected chi connectivity index (χ0v) is 8.55. The Labute approximate surface area is 79.7 Å². The molecule has 0 aromatic carbocycles. The van der Waals surface area contributed by atoms with E-state index in [0.717, 1.165) is 0 Å². The van der Waals surface area contributed by atoms with Gasteiger partial charge in [0, 0.05) is 26.2 Å². The Morgan fingerprint density at radius 3 is 2.85 bits per heavy atom. The van der Waals surface area contributed by atoms with Crippen molar-refractivity contribution >= 4 is 5.91 Å². The van der Waals surface area contributed by atoms with Crippen molar-refractivity contribution in [3.63, 3.8) is 0 Å². The third-order valence-electron chi connectivity index (χ3n) is 3.77. The van der Waals surface area contributed by atoms with E-state index in [-0.39, 0.29) is 5.91 Å². The number of fused-ring (bicyclic) bond motifs is 1. The number of hydrogen-bond donors (Lipinski definition) is 1. The van der Waals surface area contributed by atoms with E-state index in [1.165, 1.54) is 36.8 Å². The number of carbonyl (C=O) groups excluding carboxylic acids is 1. The predicted molar refractivity (Wildman–Crippen MR) is 51.2 cm³/mol. The van der Waals surface area contributed by atoms with Gasteiger partial charge >= 0.3 is 0 Å². The van der Waals surface area contributed by atoms with Crippen LogP contribution in [0.4, 0.5) is 0 Å². The lowest BCUT2D eigenvalue weighted by molar-refractivity contribution is -0.908. The summed E-state index contributed by atoms with van der Waals surface area (Å²) in [6.45, 7) is 4.17. The second kappa shape index (κ2) is 2.98. The number of nitrogens with zero attached hydrogens (tertiary/aromatic N) is 1. The first-order chi connectivity index (χ1) is 6.12. The molecular weight excluding hydrogens is 164 g/mol. The molecule has 0 saturated carbocycles. The molecule has 0 spiro atoms. The highest BCUT2D eigenvalue weighted by Gasteiger charge is 2.48. The second-order valence-corrected chi connectivity index (χ2v) is 4.73. The number of rotatable bonds is 1. The van der Waals surface area contributed by atoms with Gasteiger partial charge < -0.3 is 9.80 Å². The van der Waals surface area contributed by atoms with Crippen molar-refractivity contribution in [3.8, 4) is 0 Å². The Balaban J connectivity index is 2.05. The molecule has 2 rings (SSSR count). The molecule has 0 radical (unpaired) electrons. The lowest BCUT2D eigenvalue weighted by atomic mass is 10.1. The van der Waals surface area contributed by atoms with Crippen molar-refractivity contribution in [2.45, 2.75) is 38.3 Å². The molecule has 74 valence electrons. The minimum absolute atomic E-state index is 0.130. The van der Waals surface area contributed by atoms with Crippen LogP contribution in [0.15, 0.2) is 0 Å². The largest absolute Gasteiger partial charge is 0.347 e. The highest BCUT2D eigenvalue weighted by molar-refractivity contribution is 5.73. The monoisotopic (exact) mass is 183 g/mol. The molecule has 2 saturated heterocycles. The SMILES string of the molecule is CC(=O)NC1CC[N+]2(C)CCCC12. The molecule has 0 aromatic rings. The fraction of sp³-hybridized carbons (Fsp3) is 0.900. The first-order valence-electron chi connectivity index (χ1n) is 5.23. The van der Waals surface area contributed by atoms with Crippen LogP contribution in [0.25, 0.3) is 0 Å². The Morgan fingerprint density at radius 2 is 2.15 bits per heavy atom. The Kier molecular flexibility index (Phi) is 2.06. The molecule has 3 unspecified atom stereocenters. The van der Waals surface area contributed by atoms with Gasteiger partial charge in [-0.15, -0.1) is 0 Å². The van der Waals surface area contributed by atoms with Crippen molar-refractivity contribution in [2.24, 2.45) is 0 Å². The van der Waals surface area contributed by atoms with Gasteiger partial charge in [0.05, 0.1) is 26.2 Å². The van der Waals surface area contributed by atoms with Crippen molar-refractivity contribution in [1.29, 1.82) is 0 Å². The fourth-order valence-electron chi connectivity index (χ4n) is 3.11. The van der Waals surface area contributed by atoms with Gasteiger partial charge in [-0.3, -0.25) is 4.79 Å². The van der Waals surface area contributed by atoms with Gasteiger partial charge in [-0.05, 0) is 0 Å². The molecule has 3 atom stereocenters. The number of quaternary nitrogens is 1. The Bertz CT molecular complexity index is 229. The summed E-state index contributed by atoms with van der Waals surface area (Å²) in [5.41, 5.74) is 0. The molecular formula is C10H19N2O+. The summed E-state index contributed by atoms with van der Waals surface area (Å²) >= 11 is 0. The van der Waals surface area contributed by atoms with E-state index in [2.05, 4.69) is 12.4 Å². The van der Waals surface area contributed by atoms with Crippen molar-refractivity contribution in [3.05, 3.63) is 0 Å². The summed E-state index contributed by atoms with van der Waals surface area (Å²) in [7, 11) is 2.33. The van der Waals surface area contributed by atoms with Crippen LogP contribution in [0.3, 0.4) is 0 Å². The van der Waals surface area contributed by atoms with Gasteiger partial charge in [-0.2, -0.15) is 0 Å². The first kappa shape index (κ1) is 9.00. The zero-order chi connectivity index (χ0) is 9.47. The Morgan fingerprint density at radius 1 is 1.38 bits per heavy atom. The van der Waals surface area contributed by atoms with Gasteiger partial charge in [0.1, 0.15) is 6.04 Å². The van der Waals surface area contributed by atoms with E-state index in [4.69, 9.17) is 0 Å². The molecule has 2 aliphatic heterocycles. The van der Waals surface area contributed by atoms with Gasteiger partial charge in [0.25, 0.3) is 0 Å². The topological polar surface area (TPSA) is 29.1 Å². The van der Waals surface area contributed by atoms with Crippen LogP contribution >= 0.6 is 0 Å². The lowest BCUT2D eigenvalue weighted by Crippen LogP contribution is -2.49. The van der Waals surface area contributed by atoms with E-state index < -0.39 is 0 Å². The standard InChI is InChI=1S/C10H18N2O/c1-8(13)11-9-5-7-12(2)6-3-4-10(9)12/h9-10H,3-7H2,1-2H3/p+1. The van der Waals surface area contributed by atoms with Gasteiger partial charge in [0.2, 0.25) is 5.91 Å². The van der Waals surface area contributed by atoms with E-state index in [9.17, 15) is 4.79 Å². The summed E-state index contributed by atoms with van der Waals surface area (Å²) < 4.78 is 1.20. The number of nitrogens with one attached hydrogen (secondary N) is 1. The molecule has 1 amide bonds.